The van der Waals surface area contributed by atoms with Crippen molar-refractivity contribution in [3.63, 3.8) is 0 Å². The van der Waals surface area contributed by atoms with Crippen molar-refractivity contribution in [2.24, 2.45) is 0 Å². The zero-order chi connectivity index (χ0) is 10.8. The minimum absolute atomic E-state index is 0.344. The van der Waals surface area contributed by atoms with Crippen molar-refractivity contribution in [1.82, 2.24) is 4.98 Å². The molecule has 0 radical (unpaired) electrons. The molecule has 0 saturated heterocycles. The summed E-state index contributed by atoms with van der Waals surface area (Å²) in [4.78, 5) is 15.4. The van der Waals surface area contributed by atoms with E-state index in [4.69, 9.17) is 4.74 Å². The lowest BCUT2D eigenvalue weighted by molar-refractivity contribution is 0.0487. The summed E-state index contributed by atoms with van der Waals surface area (Å²) in [6.45, 7) is 2.88. The Hall–Kier alpha value is -1.42. The van der Waals surface area contributed by atoms with Crippen molar-refractivity contribution in [3.05, 3.63) is 24.0 Å². The molecule has 1 N–H and O–H groups in total. The first kappa shape index (κ1) is 10.7. The van der Waals surface area contributed by atoms with Crippen LogP contribution < -0.4 is 4.74 Å². The smallest absolute Gasteiger partial charge is 0.195 e. The number of ether oxygens (including phenoxy) is 1. The lowest BCUT2D eigenvalue weighted by Crippen LogP contribution is -2.31. The average molecular weight is 195 g/mol. The maximum absolute atomic E-state index is 11.6. The number of pyridine rings is 1. The van der Waals surface area contributed by atoms with E-state index < -0.39 is 5.60 Å². The van der Waals surface area contributed by atoms with Crippen molar-refractivity contribution in [3.8, 4) is 5.75 Å². The van der Waals surface area contributed by atoms with Crippen molar-refractivity contribution in [2.75, 3.05) is 7.11 Å². The number of Topliss-reactive ketones (excluding diaryl/α,β-unsaturated/α-hetero) is 1. The molecule has 0 aliphatic carbocycles. The highest BCUT2D eigenvalue weighted by atomic mass is 16.5. The van der Waals surface area contributed by atoms with Crippen LogP contribution in [-0.4, -0.2) is 28.6 Å². The highest BCUT2D eigenvalue weighted by Gasteiger charge is 2.25. The molecular formula is C10H13NO3. The number of ketones is 1. The van der Waals surface area contributed by atoms with Crippen LogP contribution in [0, 0.1) is 0 Å². The number of carbonyl (C=O) groups excluding carboxylic acids is 1. The van der Waals surface area contributed by atoms with Gasteiger partial charge in [0.2, 0.25) is 0 Å². The Morgan fingerprint density at radius 3 is 2.64 bits per heavy atom. The molecule has 4 heteroatoms. The van der Waals surface area contributed by atoms with Crippen molar-refractivity contribution in [2.45, 2.75) is 19.4 Å². The minimum Gasteiger partial charge on any atom is -0.495 e. The maximum atomic E-state index is 11.6. The summed E-state index contributed by atoms with van der Waals surface area (Å²) in [6.07, 6.45) is 2.91. The molecule has 14 heavy (non-hydrogen) atoms. The van der Waals surface area contributed by atoms with E-state index >= 15 is 0 Å². The number of aromatic nitrogens is 1. The number of hydrogen-bond acceptors (Lipinski definition) is 4. The van der Waals surface area contributed by atoms with E-state index in [1.807, 2.05) is 0 Å². The standard InChI is InChI=1S/C10H13NO3/c1-10(2,13)9(12)7-4-8(14-3)6-11-5-7/h4-6,13H,1-3H3. The first-order valence-corrected chi connectivity index (χ1v) is 4.21. The molecule has 0 aromatic carbocycles. The molecule has 1 aromatic rings. The third-order valence-corrected chi connectivity index (χ3v) is 1.77. The van der Waals surface area contributed by atoms with E-state index in [9.17, 15) is 9.90 Å². The third kappa shape index (κ3) is 2.29. The highest BCUT2D eigenvalue weighted by molar-refractivity contribution is 6.01. The Bertz CT molecular complexity index is 341. The van der Waals surface area contributed by atoms with Gasteiger partial charge < -0.3 is 9.84 Å². The molecule has 1 heterocycles. The number of aliphatic hydroxyl groups is 1. The molecule has 0 atom stereocenters. The van der Waals surface area contributed by atoms with Crippen LogP contribution in [0.15, 0.2) is 18.5 Å². The predicted molar refractivity (Wildman–Crippen MR) is 51.4 cm³/mol. The summed E-state index contributed by atoms with van der Waals surface area (Å²) in [5.41, 5.74) is -1.04. The van der Waals surface area contributed by atoms with Gasteiger partial charge in [0.25, 0.3) is 0 Å². The van der Waals surface area contributed by atoms with E-state index in [1.54, 1.807) is 6.07 Å². The fourth-order valence-corrected chi connectivity index (χ4v) is 1.01. The maximum Gasteiger partial charge on any atom is 0.195 e. The summed E-state index contributed by atoms with van der Waals surface area (Å²) in [7, 11) is 1.50. The third-order valence-electron chi connectivity index (χ3n) is 1.77. The largest absolute Gasteiger partial charge is 0.495 e. The SMILES string of the molecule is COc1cncc(C(=O)C(C)(C)O)c1. The lowest BCUT2D eigenvalue weighted by atomic mass is 9.98. The molecule has 0 fully saturated rings. The van der Waals surface area contributed by atoms with Crippen LogP contribution in [0.5, 0.6) is 5.75 Å². The average Bonchev–Trinajstić information content (AvgIpc) is 2.15. The summed E-state index contributed by atoms with van der Waals surface area (Å²) in [5.74, 6) is 0.129. The first-order chi connectivity index (χ1) is 6.45. The van der Waals surface area contributed by atoms with Gasteiger partial charge in [-0.3, -0.25) is 9.78 Å². The van der Waals surface area contributed by atoms with Crippen LogP contribution in [-0.2, 0) is 0 Å². The zero-order valence-electron chi connectivity index (χ0n) is 8.44. The molecular weight excluding hydrogens is 182 g/mol. The van der Waals surface area contributed by atoms with Crippen LogP contribution >= 0.6 is 0 Å². The normalized spacial score (nSPS) is 11.1. The Morgan fingerprint density at radius 1 is 1.50 bits per heavy atom. The molecule has 4 nitrogen and oxygen atoms in total. The van der Waals surface area contributed by atoms with Crippen LogP contribution in [0.1, 0.15) is 24.2 Å². The first-order valence-electron chi connectivity index (χ1n) is 4.21. The fraction of sp³-hybridized carbons (Fsp3) is 0.400. The Kier molecular flexibility index (Phi) is 2.86. The number of carbonyl (C=O) groups is 1. The molecule has 0 spiro atoms. The van der Waals surface area contributed by atoms with Gasteiger partial charge in [0.05, 0.1) is 13.3 Å². The molecule has 0 saturated carbocycles. The Labute approximate surface area is 82.5 Å². The van der Waals surface area contributed by atoms with Gasteiger partial charge in [-0.15, -0.1) is 0 Å². The van der Waals surface area contributed by atoms with Gasteiger partial charge in [0.1, 0.15) is 11.4 Å². The predicted octanol–water partition coefficient (Wildman–Crippen LogP) is 1.04. The summed E-state index contributed by atoms with van der Waals surface area (Å²) >= 11 is 0. The van der Waals surface area contributed by atoms with E-state index in [2.05, 4.69) is 4.98 Å². The van der Waals surface area contributed by atoms with E-state index in [-0.39, 0.29) is 5.78 Å². The van der Waals surface area contributed by atoms with Crippen molar-refractivity contribution in [1.29, 1.82) is 0 Å². The van der Waals surface area contributed by atoms with Gasteiger partial charge in [-0.2, -0.15) is 0 Å². The monoisotopic (exact) mass is 195 g/mol. The lowest BCUT2D eigenvalue weighted by Gasteiger charge is -2.15. The molecule has 0 bridgehead atoms. The number of rotatable bonds is 3. The van der Waals surface area contributed by atoms with Gasteiger partial charge in [-0.05, 0) is 19.9 Å². The van der Waals surface area contributed by atoms with Crippen molar-refractivity contribution < 1.29 is 14.6 Å². The van der Waals surface area contributed by atoms with Gasteiger partial charge in [-0.1, -0.05) is 0 Å². The second-order valence-electron chi connectivity index (χ2n) is 3.50. The zero-order valence-corrected chi connectivity index (χ0v) is 8.44. The number of nitrogens with zero attached hydrogens (tertiary/aromatic N) is 1. The molecule has 1 aromatic heterocycles. The number of hydrogen-bond donors (Lipinski definition) is 1. The topological polar surface area (TPSA) is 59.4 Å². The molecule has 76 valence electrons. The Balaban J connectivity index is 3.02. The summed E-state index contributed by atoms with van der Waals surface area (Å²) in [6, 6.07) is 1.55. The fourth-order valence-electron chi connectivity index (χ4n) is 1.01. The second-order valence-corrected chi connectivity index (χ2v) is 3.50. The minimum atomic E-state index is -1.38. The van der Waals surface area contributed by atoms with Crippen LogP contribution in [0.3, 0.4) is 0 Å². The van der Waals surface area contributed by atoms with E-state index in [1.165, 1.54) is 33.4 Å². The second kappa shape index (κ2) is 3.75. The van der Waals surface area contributed by atoms with E-state index in [0.29, 0.717) is 11.3 Å². The van der Waals surface area contributed by atoms with E-state index in [0.717, 1.165) is 0 Å². The summed E-state index contributed by atoms with van der Waals surface area (Å²) in [5, 5.41) is 9.49. The van der Waals surface area contributed by atoms with Gasteiger partial charge >= 0.3 is 0 Å². The van der Waals surface area contributed by atoms with Crippen molar-refractivity contribution >= 4 is 5.78 Å². The van der Waals surface area contributed by atoms with Crippen LogP contribution in [0.2, 0.25) is 0 Å². The van der Waals surface area contributed by atoms with Gasteiger partial charge in [0, 0.05) is 11.8 Å². The summed E-state index contributed by atoms with van der Waals surface area (Å²) < 4.78 is 4.92. The van der Waals surface area contributed by atoms with Crippen LogP contribution in [0.25, 0.3) is 0 Å². The quantitative estimate of drug-likeness (QED) is 0.732. The molecule has 0 aliphatic rings. The molecule has 1 rings (SSSR count). The highest BCUT2D eigenvalue weighted by Crippen LogP contribution is 2.16. The van der Waals surface area contributed by atoms with Gasteiger partial charge in [0.15, 0.2) is 5.78 Å². The molecule has 0 unspecified atom stereocenters. The van der Waals surface area contributed by atoms with Gasteiger partial charge in [-0.25, -0.2) is 0 Å². The molecule has 0 amide bonds. The number of methoxy groups -OCH3 is 1. The Morgan fingerprint density at radius 2 is 2.14 bits per heavy atom. The van der Waals surface area contributed by atoms with Crippen LogP contribution in [0.4, 0.5) is 0 Å². The molecule has 0 aliphatic heterocycles.